The summed E-state index contributed by atoms with van der Waals surface area (Å²) >= 11 is 3.30. The molecule has 1 aromatic rings. The molecule has 0 aliphatic heterocycles. The zero-order valence-corrected chi connectivity index (χ0v) is 11.3. The highest BCUT2D eigenvalue weighted by molar-refractivity contribution is 9.10. The molecule has 94 valence electrons. The van der Waals surface area contributed by atoms with Crippen LogP contribution in [0, 0.1) is 5.82 Å². The van der Waals surface area contributed by atoms with Crippen LogP contribution in [0.4, 0.5) is 4.39 Å². The van der Waals surface area contributed by atoms with Crippen molar-refractivity contribution in [1.82, 2.24) is 4.90 Å². The van der Waals surface area contributed by atoms with Gasteiger partial charge in [-0.3, -0.25) is 4.90 Å². The average molecular weight is 304 g/mol. The van der Waals surface area contributed by atoms with Gasteiger partial charge in [-0.2, -0.15) is 0 Å². The molecule has 1 unspecified atom stereocenters. The molecule has 1 aromatic carbocycles. The van der Waals surface area contributed by atoms with Crippen LogP contribution in [-0.2, 0) is 6.54 Å². The summed E-state index contributed by atoms with van der Waals surface area (Å²) in [5, 5.41) is 11.6. The number of nitrogens with zero attached hydrogens (tertiary/aromatic N) is 2. The van der Waals surface area contributed by atoms with E-state index in [1.165, 1.54) is 12.1 Å². The second-order valence-electron chi connectivity index (χ2n) is 3.85. The van der Waals surface area contributed by atoms with Gasteiger partial charge in [0.1, 0.15) is 5.82 Å². The first kappa shape index (κ1) is 13.9. The second-order valence-corrected chi connectivity index (χ2v) is 4.71. The molecule has 6 heteroatoms. The highest BCUT2D eigenvalue weighted by Crippen LogP contribution is 2.19. The monoisotopic (exact) mass is 303 g/mol. The largest absolute Gasteiger partial charge is 0.409 e. The van der Waals surface area contributed by atoms with E-state index in [1.807, 2.05) is 18.9 Å². The lowest BCUT2D eigenvalue weighted by Crippen LogP contribution is -2.40. The molecule has 17 heavy (non-hydrogen) atoms. The number of likely N-dealkylation sites (N-methyl/N-ethyl adjacent to an activating group) is 1. The Balaban J connectivity index is 2.77. The Bertz CT molecular complexity index is 425. The van der Waals surface area contributed by atoms with Gasteiger partial charge < -0.3 is 10.9 Å². The number of halogens is 2. The van der Waals surface area contributed by atoms with E-state index in [0.29, 0.717) is 11.0 Å². The first-order valence-corrected chi connectivity index (χ1v) is 5.86. The van der Waals surface area contributed by atoms with Crippen LogP contribution in [0.25, 0.3) is 0 Å². The summed E-state index contributed by atoms with van der Waals surface area (Å²) in [4.78, 5) is 1.90. The Kier molecular flexibility index (Phi) is 4.89. The summed E-state index contributed by atoms with van der Waals surface area (Å²) in [6.45, 7) is 2.39. The first-order chi connectivity index (χ1) is 7.95. The predicted molar refractivity (Wildman–Crippen MR) is 68.4 cm³/mol. The van der Waals surface area contributed by atoms with E-state index in [2.05, 4.69) is 21.1 Å². The molecule has 1 atom stereocenters. The molecule has 4 nitrogen and oxygen atoms in total. The summed E-state index contributed by atoms with van der Waals surface area (Å²) in [6, 6.07) is 4.32. The number of benzene rings is 1. The Labute approximate surface area is 108 Å². The van der Waals surface area contributed by atoms with Crippen LogP contribution in [-0.4, -0.2) is 29.0 Å². The van der Waals surface area contributed by atoms with Crippen molar-refractivity contribution in [3.8, 4) is 0 Å². The molecule has 0 spiro atoms. The lowest BCUT2D eigenvalue weighted by molar-refractivity contribution is 0.279. The van der Waals surface area contributed by atoms with Crippen molar-refractivity contribution in [2.45, 2.75) is 19.5 Å². The Hall–Kier alpha value is -1.14. The van der Waals surface area contributed by atoms with Gasteiger partial charge in [0, 0.05) is 11.0 Å². The lowest BCUT2D eigenvalue weighted by Gasteiger charge is -2.23. The molecule has 0 radical (unpaired) electrons. The van der Waals surface area contributed by atoms with Crippen molar-refractivity contribution in [3.63, 3.8) is 0 Å². The van der Waals surface area contributed by atoms with Crippen LogP contribution in [0.1, 0.15) is 12.5 Å². The molecule has 0 fully saturated rings. The normalized spacial score (nSPS) is 14.1. The summed E-state index contributed by atoms with van der Waals surface area (Å²) in [5.41, 5.74) is 6.46. The number of amidine groups is 1. The second kappa shape index (κ2) is 5.97. The minimum Gasteiger partial charge on any atom is -0.409 e. The maximum Gasteiger partial charge on any atom is 0.156 e. The molecule has 1 rings (SSSR count). The topological polar surface area (TPSA) is 61.9 Å². The molecule has 0 aliphatic rings. The van der Waals surface area contributed by atoms with E-state index < -0.39 is 0 Å². The molecule has 0 saturated heterocycles. The molecule has 0 heterocycles. The predicted octanol–water partition coefficient (Wildman–Crippen LogP) is 2.15. The fourth-order valence-electron chi connectivity index (χ4n) is 1.36. The van der Waals surface area contributed by atoms with Crippen molar-refractivity contribution in [3.05, 3.63) is 34.1 Å². The Morgan fingerprint density at radius 1 is 1.65 bits per heavy atom. The van der Waals surface area contributed by atoms with Crippen LogP contribution < -0.4 is 5.73 Å². The fourth-order valence-corrected chi connectivity index (χ4v) is 1.84. The van der Waals surface area contributed by atoms with E-state index in [9.17, 15) is 4.39 Å². The van der Waals surface area contributed by atoms with Crippen molar-refractivity contribution in [2.75, 3.05) is 7.05 Å². The molecule has 3 N–H and O–H groups in total. The third-order valence-corrected chi connectivity index (χ3v) is 3.38. The quantitative estimate of drug-likeness (QED) is 0.388. The van der Waals surface area contributed by atoms with Crippen LogP contribution in [0.5, 0.6) is 0 Å². The minimum atomic E-state index is -0.284. The SMILES string of the molecule is CC(C(N)=NO)N(C)Cc1ccc(F)cc1Br. The molecular formula is C11H15BrFN3O. The van der Waals surface area contributed by atoms with Gasteiger partial charge >= 0.3 is 0 Å². The fraction of sp³-hybridized carbons (Fsp3) is 0.364. The maximum atomic E-state index is 12.9. The molecule has 0 aromatic heterocycles. The molecule has 0 aliphatic carbocycles. The third kappa shape index (κ3) is 3.67. The van der Waals surface area contributed by atoms with E-state index in [0.717, 1.165) is 5.56 Å². The van der Waals surface area contributed by atoms with Crippen LogP contribution in [0.3, 0.4) is 0 Å². The van der Waals surface area contributed by atoms with E-state index in [4.69, 9.17) is 10.9 Å². The average Bonchev–Trinajstić information content (AvgIpc) is 2.30. The lowest BCUT2D eigenvalue weighted by atomic mass is 10.2. The van der Waals surface area contributed by atoms with Crippen molar-refractivity contribution in [2.24, 2.45) is 10.9 Å². The van der Waals surface area contributed by atoms with Gasteiger partial charge in [-0.05, 0) is 31.7 Å². The third-order valence-electron chi connectivity index (χ3n) is 2.64. The standard InChI is InChI=1S/C11H15BrFN3O/c1-7(11(14)15-17)16(2)6-8-3-4-9(13)5-10(8)12/h3-5,7,17H,6H2,1-2H3,(H2,14,15). The number of hydrogen-bond donors (Lipinski definition) is 2. The highest BCUT2D eigenvalue weighted by atomic mass is 79.9. The number of oxime groups is 1. The summed E-state index contributed by atoms with van der Waals surface area (Å²) < 4.78 is 13.6. The number of rotatable bonds is 4. The maximum absolute atomic E-state index is 12.9. The Morgan fingerprint density at radius 2 is 2.29 bits per heavy atom. The Morgan fingerprint density at radius 3 is 2.82 bits per heavy atom. The van der Waals surface area contributed by atoms with Crippen molar-refractivity contribution < 1.29 is 9.60 Å². The van der Waals surface area contributed by atoms with Crippen molar-refractivity contribution in [1.29, 1.82) is 0 Å². The summed E-state index contributed by atoms with van der Waals surface area (Å²) in [7, 11) is 1.85. The van der Waals surface area contributed by atoms with E-state index >= 15 is 0 Å². The van der Waals surface area contributed by atoms with Crippen LogP contribution in [0.2, 0.25) is 0 Å². The molecule has 0 amide bonds. The summed E-state index contributed by atoms with van der Waals surface area (Å²) in [6.07, 6.45) is 0. The molecule has 0 saturated carbocycles. The van der Waals surface area contributed by atoms with Crippen molar-refractivity contribution >= 4 is 21.8 Å². The molecular weight excluding hydrogens is 289 g/mol. The number of nitrogens with two attached hydrogens (primary N) is 1. The zero-order valence-electron chi connectivity index (χ0n) is 9.69. The highest BCUT2D eigenvalue weighted by Gasteiger charge is 2.15. The van der Waals surface area contributed by atoms with Gasteiger partial charge in [-0.1, -0.05) is 27.2 Å². The van der Waals surface area contributed by atoms with Crippen LogP contribution in [0.15, 0.2) is 27.8 Å². The zero-order chi connectivity index (χ0) is 13.0. The molecule has 0 bridgehead atoms. The minimum absolute atomic E-state index is 0.144. The first-order valence-electron chi connectivity index (χ1n) is 5.07. The van der Waals surface area contributed by atoms with Gasteiger partial charge in [0.15, 0.2) is 5.84 Å². The van der Waals surface area contributed by atoms with Gasteiger partial charge in [-0.15, -0.1) is 0 Å². The summed E-state index contributed by atoms with van der Waals surface area (Å²) in [5.74, 6) is -0.140. The van der Waals surface area contributed by atoms with Gasteiger partial charge in [0.25, 0.3) is 0 Å². The van der Waals surface area contributed by atoms with Gasteiger partial charge in [0.2, 0.25) is 0 Å². The van der Waals surface area contributed by atoms with E-state index in [1.54, 1.807) is 6.07 Å². The van der Waals surface area contributed by atoms with Crippen LogP contribution >= 0.6 is 15.9 Å². The van der Waals surface area contributed by atoms with E-state index in [-0.39, 0.29) is 17.7 Å². The van der Waals surface area contributed by atoms with Gasteiger partial charge in [0.05, 0.1) is 6.04 Å². The smallest absolute Gasteiger partial charge is 0.156 e. The van der Waals surface area contributed by atoms with Gasteiger partial charge in [-0.25, -0.2) is 4.39 Å². The number of hydrogen-bond acceptors (Lipinski definition) is 3.